The lowest BCUT2D eigenvalue weighted by molar-refractivity contribution is 0.414. The largest absolute Gasteiger partial charge is 0.497 e. The standard InChI is InChI=1S/C21H23FN4O/c1-27-18-7-4-5-16(15-18)9-12-24-21-25-14-11-20(26-21)23-13-10-17-6-2-3-8-19(17)22/h2-8,11,14-15H,9-10,12-13H2,1H3,(H2,23,24,25,26). The number of nitrogens with one attached hydrogen (secondary N) is 2. The summed E-state index contributed by atoms with van der Waals surface area (Å²) in [7, 11) is 1.66. The van der Waals surface area contributed by atoms with Crippen LogP contribution >= 0.6 is 0 Å². The number of aromatic nitrogens is 2. The van der Waals surface area contributed by atoms with Crippen LogP contribution in [0.3, 0.4) is 0 Å². The van der Waals surface area contributed by atoms with Crippen molar-refractivity contribution >= 4 is 11.8 Å². The van der Waals surface area contributed by atoms with E-state index >= 15 is 0 Å². The van der Waals surface area contributed by atoms with Crippen molar-refractivity contribution < 1.29 is 9.13 Å². The first-order valence-electron chi connectivity index (χ1n) is 8.92. The van der Waals surface area contributed by atoms with E-state index in [0.717, 1.165) is 12.2 Å². The van der Waals surface area contributed by atoms with Gasteiger partial charge in [0.2, 0.25) is 5.95 Å². The Morgan fingerprint density at radius 3 is 2.67 bits per heavy atom. The topological polar surface area (TPSA) is 59.1 Å². The molecule has 0 unspecified atom stereocenters. The monoisotopic (exact) mass is 366 g/mol. The molecule has 3 rings (SSSR count). The second kappa shape index (κ2) is 9.52. The fraction of sp³-hybridized carbons (Fsp3) is 0.238. The number of methoxy groups -OCH3 is 1. The number of benzene rings is 2. The van der Waals surface area contributed by atoms with E-state index in [1.54, 1.807) is 31.5 Å². The predicted octanol–water partition coefficient (Wildman–Crippen LogP) is 3.93. The van der Waals surface area contributed by atoms with Crippen molar-refractivity contribution in [2.24, 2.45) is 0 Å². The predicted molar refractivity (Wildman–Crippen MR) is 106 cm³/mol. The summed E-state index contributed by atoms with van der Waals surface area (Å²) < 4.78 is 18.9. The van der Waals surface area contributed by atoms with Crippen LogP contribution in [0.25, 0.3) is 0 Å². The molecule has 0 amide bonds. The van der Waals surface area contributed by atoms with Gasteiger partial charge in [-0.15, -0.1) is 0 Å². The van der Waals surface area contributed by atoms with Crippen LogP contribution < -0.4 is 15.4 Å². The summed E-state index contributed by atoms with van der Waals surface area (Å²) in [4.78, 5) is 8.68. The highest BCUT2D eigenvalue weighted by Gasteiger charge is 2.02. The third-order valence-corrected chi connectivity index (χ3v) is 4.14. The molecule has 2 N–H and O–H groups in total. The summed E-state index contributed by atoms with van der Waals surface area (Å²) in [6, 6.07) is 16.6. The van der Waals surface area contributed by atoms with Gasteiger partial charge in [0.05, 0.1) is 7.11 Å². The van der Waals surface area contributed by atoms with E-state index in [4.69, 9.17) is 4.74 Å². The minimum absolute atomic E-state index is 0.179. The average molecular weight is 366 g/mol. The van der Waals surface area contributed by atoms with Gasteiger partial charge in [-0.25, -0.2) is 9.37 Å². The molecule has 0 saturated heterocycles. The van der Waals surface area contributed by atoms with Crippen LogP contribution in [0, 0.1) is 5.82 Å². The molecule has 3 aromatic rings. The quantitative estimate of drug-likeness (QED) is 0.601. The molecule has 0 radical (unpaired) electrons. The number of hydrogen-bond acceptors (Lipinski definition) is 5. The van der Waals surface area contributed by atoms with E-state index in [1.165, 1.54) is 11.6 Å². The molecule has 27 heavy (non-hydrogen) atoms. The van der Waals surface area contributed by atoms with Crippen LogP contribution in [0.5, 0.6) is 5.75 Å². The summed E-state index contributed by atoms with van der Waals surface area (Å²) in [5.41, 5.74) is 1.87. The number of hydrogen-bond donors (Lipinski definition) is 2. The lowest BCUT2D eigenvalue weighted by Crippen LogP contribution is -2.11. The van der Waals surface area contributed by atoms with Crippen molar-refractivity contribution in [3.8, 4) is 5.75 Å². The molecule has 2 aromatic carbocycles. The lowest BCUT2D eigenvalue weighted by Gasteiger charge is -2.09. The Bertz CT molecular complexity index is 872. The van der Waals surface area contributed by atoms with Gasteiger partial charge in [-0.05, 0) is 48.2 Å². The van der Waals surface area contributed by atoms with Crippen molar-refractivity contribution in [1.29, 1.82) is 0 Å². The van der Waals surface area contributed by atoms with Gasteiger partial charge in [0.1, 0.15) is 17.4 Å². The molecule has 0 aliphatic heterocycles. The van der Waals surface area contributed by atoms with Gasteiger partial charge in [-0.2, -0.15) is 4.98 Å². The van der Waals surface area contributed by atoms with Crippen LogP contribution in [0.1, 0.15) is 11.1 Å². The molecule has 140 valence electrons. The molecule has 0 fully saturated rings. The Labute approximate surface area is 158 Å². The third kappa shape index (κ3) is 5.67. The van der Waals surface area contributed by atoms with E-state index in [9.17, 15) is 4.39 Å². The molecule has 0 bridgehead atoms. The first kappa shape index (κ1) is 18.6. The van der Waals surface area contributed by atoms with E-state index in [2.05, 4.69) is 26.7 Å². The van der Waals surface area contributed by atoms with Crippen molar-refractivity contribution in [2.75, 3.05) is 30.8 Å². The van der Waals surface area contributed by atoms with E-state index in [-0.39, 0.29) is 5.82 Å². The van der Waals surface area contributed by atoms with E-state index in [1.807, 2.05) is 24.3 Å². The Morgan fingerprint density at radius 1 is 0.963 bits per heavy atom. The Kier molecular flexibility index (Phi) is 6.57. The van der Waals surface area contributed by atoms with Crippen molar-refractivity contribution in [3.05, 3.63) is 77.7 Å². The summed E-state index contributed by atoms with van der Waals surface area (Å²) >= 11 is 0. The maximum Gasteiger partial charge on any atom is 0.224 e. The van der Waals surface area contributed by atoms with Crippen molar-refractivity contribution in [2.45, 2.75) is 12.8 Å². The highest BCUT2D eigenvalue weighted by Crippen LogP contribution is 2.13. The fourth-order valence-corrected chi connectivity index (χ4v) is 2.72. The molecule has 0 aliphatic carbocycles. The number of ether oxygens (including phenoxy) is 1. The average Bonchev–Trinajstić information content (AvgIpc) is 2.70. The number of halogens is 1. The highest BCUT2D eigenvalue weighted by molar-refractivity contribution is 5.40. The van der Waals surface area contributed by atoms with Gasteiger partial charge in [-0.1, -0.05) is 30.3 Å². The molecule has 0 saturated carbocycles. The smallest absolute Gasteiger partial charge is 0.224 e. The summed E-state index contributed by atoms with van der Waals surface area (Å²) in [5, 5.41) is 6.43. The highest BCUT2D eigenvalue weighted by atomic mass is 19.1. The van der Waals surface area contributed by atoms with Crippen LogP contribution in [0.15, 0.2) is 60.8 Å². The van der Waals surface area contributed by atoms with Crippen LogP contribution in [-0.4, -0.2) is 30.2 Å². The van der Waals surface area contributed by atoms with Crippen LogP contribution in [0.2, 0.25) is 0 Å². The van der Waals surface area contributed by atoms with Gasteiger partial charge < -0.3 is 15.4 Å². The first-order chi connectivity index (χ1) is 13.2. The zero-order valence-electron chi connectivity index (χ0n) is 15.3. The Balaban J connectivity index is 1.47. The van der Waals surface area contributed by atoms with E-state index < -0.39 is 0 Å². The fourth-order valence-electron chi connectivity index (χ4n) is 2.72. The van der Waals surface area contributed by atoms with Gasteiger partial charge >= 0.3 is 0 Å². The van der Waals surface area contributed by atoms with Crippen molar-refractivity contribution in [1.82, 2.24) is 9.97 Å². The number of rotatable bonds is 9. The van der Waals surface area contributed by atoms with Gasteiger partial charge in [-0.3, -0.25) is 0 Å². The van der Waals surface area contributed by atoms with Gasteiger partial charge in [0, 0.05) is 19.3 Å². The molecule has 1 heterocycles. The minimum atomic E-state index is -0.179. The summed E-state index contributed by atoms with van der Waals surface area (Å²) in [6.07, 6.45) is 3.13. The Morgan fingerprint density at radius 2 is 1.81 bits per heavy atom. The Hall–Kier alpha value is -3.15. The summed E-state index contributed by atoms with van der Waals surface area (Å²) in [6.45, 7) is 1.31. The maximum atomic E-state index is 13.6. The zero-order chi connectivity index (χ0) is 18.9. The number of nitrogens with zero attached hydrogens (tertiary/aromatic N) is 2. The molecule has 0 aliphatic rings. The molecular formula is C21H23FN4O. The maximum absolute atomic E-state index is 13.6. The molecule has 0 spiro atoms. The molecule has 1 aromatic heterocycles. The first-order valence-corrected chi connectivity index (χ1v) is 8.92. The van der Waals surface area contributed by atoms with E-state index in [0.29, 0.717) is 36.8 Å². The van der Waals surface area contributed by atoms with Gasteiger partial charge in [0.25, 0.3) is 0 Å². The second-order valence-corrected chi connectivity index (χ2v) is 6.06. The van der Waals surface area contributed by atoms with Crippen molar-refractivity contribution in [3.63, 3.8) is 0 Å². The number of anilines is 2. The molecule has 0 atom stereocenters. The lowest BCUT2D eigenvalue weighted by atomic mass is 10.1. The van der Waals surface area contributed by atoms with Gasteiger partial charge in [0.15, 0.2) is 0 Å². The summed E-state index contributed by atoms with van der Waals surface area (Å²) in [5.74, 6) is 1.95. The van der Waals surface area contributed by atoms with Crippen LogP contribution in [-0.2, 0) is 12.8 Å². The zero-order valence-corrected chi connectivity index (χ0v) is 15.3. The molecule has 6 heteroatoms. The van der Waals surface area contributed by atoms with Crippen LogP contribution in [0.4, 0.5) is 16.2 Å². The minimum Gasteiger partial charge on any atom is -0.497 e. The SMILES string of the molecule is COc1cccc(CCNc2nccc(NCCc3ccccc3F)n2)c1. The molecular weight excluding hydrogens is 343 g/mol. The molecule has 5 nitrogen and oxygen atoms in total. The second-order valence-electron chi connectivity index (χ2n) is 6.06. The third-order valence-electron chi connectivity index (χ3n) is 4.14. The normalized spacial score (nSPS) is 10.4.